The number of benzene rings is 1. The zero-order valence-corrected chi connectivity index (χ0v) is 15.9. The Kier molecular flexibility index (Phi) is 5.16. The summed E-state index contributed by atoms with van der Waals surface area (Å²) in [6, 6.07) is 13.6. The summed E-state index contributed by atoms with van der Waals surface area (Å²) >= 11 is 5.10. The van der Waals surface area contributed by atoms with Gasteiger partial charge in [0.1, 0.15) is 6.04 Å². The SMILES string of the molecule is Cc1cc(C)n([C@@H](CNC(=O)c2ccccc2Br)c2cccs2)n1. The van der Waals surface area contributed by atoms with Gasteiger partial charge in [-0.25, -0.2) is 0 Å². The summed E-state index contributed by atoms with van der Waals surface area (Å²) in [7, 11) is 0. The number of aromatic nitrogens is 2. The number of rotatable bonds is 5. The maximum absolute atomic E-state index is 12.5. The standard InChI is InChI=1S/C18H18BrN3OS/c1-12-10-13(2)22(21-12)16(17-8-5-9-24-17)11-20-18(23)14-6-3-4-7-15(14)19/h3-10,16H,11H2,1-2H3,(H,20,23)/t16-/m0/s1. The number of carbonyl (C=O) groups is 1. The second kappa shape index (κ2) is 7.32. The average molecular weight is 404 g/mol. The van der Waals surface area contributed by atoms with Crippen molar-refractivity contribution in [3.8, 4) is 0 Å². The van der Waals surface area contributed by atoms with Crippen LogP contribution >= 0.6 is 27.3 Å². The summed E-state index contributed by atoms with van der Waals surface area (Å²) < 4.78 is 2.78. The summed E-state index contributed by atoms with van der Waals surface area (Å²) in [4.78, 5) is 13.7. The van der Waals surface area contributed by atoms with E-state index in [4.69, 9.17) is 0 Å². The topological polar surface area (TPSA) is 46.9 Å². The minimum Gasteiger partial charge on any atom is -0.349 e. The third-order valence-electron chi connectivity index (χ3n) is 3.79. The minimum absolute atomic E-state index is 0.00913. The molecule has 124 valence electrons. The highest BCUT2D eigenvalue weighted by Gasteiger charge is 2.20. The fourth-order valence-corrected chi connectivity index (χ4v) is 3.96. The molecule has 0 bridgehead atoms. The number of thiophene rings is 1. The molecule has 1 amide bonds. The molecule has 0 radical (unpaired) electrons. The van der Waals surface area contributed by atoms with Crippen LogP contribution < -0.4 is 5.32 Å². The highest BCUT2D eigenvalue weighted by atomic mass is 79.9. The van der Waals surface area contributed by atoms with Crippen LogP contribution in [0.2, 0.25) is 0 Å². The third-order valence-corrected chi connectivity index (χ3v) is 5.45. The van der Waals surface area contributed by atoms with Crippen molar-refractivity contribution in [2.45, 2.75) is 19.9 Å². The van der Waals surface area contributed by atoms with Crippen LogP contribution in [0.25, 0.3) is 0 Å². The Bertz CT molecular complexity index is 842. The molecule has 6 heteroatoms. The van der Waals surface area contributed by atoms with E-state index >= 15 is 0 Å². The Morgan fingerprint density at radius 2 is 2.08 bits per heavy atom. The fourth-order valence-electron chi connectivity index (χ4n) is 2.68. The minimum atomic E-state index is -0.0921. The molecule has 1 N–H and O–H groups in total. The highest BCUT2D eigenvalue weighted by Crippen LogP contribution is 2.24. The number of halogens is 1. The lowest BCUT2D eigenvalue weighted by Crippen LogP contribution is -2.32. The third kappa shape index (κ3) is 3.60. The van der Waals surface area contributed by atoms with Crippen LogP contribution in [0.15, 0.2) is 52.3 Å². The molecule has 0 saturated carbocycles. The molecule has 4 nitrogen and oxygen atoms in total. The zero-order chi connectivity index (χ0) is 17.1. The average Bonchev–Trinajstić information content (AvgIpc) is 3.18. The van der Waals surface area contributed by atoms with Crippen molar-refractivity contribution in [1.82, 2.24) is 15.1 Å². The van der Waals surface area contributed by atoms with Gasteiger partial charge in [0, 0.05) is 21.6 Å². The number of nitrogens with zero attached hydrogens (tertiary/aromatic N) is 2. The monoisotopic (exact) mass is 403 g/mol. The summed E-state index contributed by atoms with van der Waals surface area (Å²) in [5.74, 6) is -0.0921. The van der Waals surface area contributed by atoms with E-state index in [0.29, 0.717) is 12.1 Å². The first-order valence-corrected chi connectivity index (χ1v) is 9.32. The van der Waals surface area contributed by atoms with Gasteiger partial charge >= 0.3 is 0 Å². The first kappa shape index (κ1) is 16.9. The van der Waals surface area contributed by atoms with E-state index in [0.717, 1.165) is 15.9 Å². The van der Waals surface area contributed by atoms with Crippen molar-refractivity contribution in [3.05, 3.63) is 74.1 Å². The lowest BCUT2D eigenvalue weighted by atomic mass is 10.2. The molecule has 2 aromatic heterocycles. The molecule has 0 unspecified atom stereocenters. The van der Waals surface area contributed by atoms with Crippen LogP contribution in [0.1, 0.15) is 32.7 Å². The molecular formula is C18H18BrN3OS. The van der Waals surface area contributed by atoms with Gasteiger partial charge in [-0.2, -0.15) is 5.10 Å². The Hall–Kier alpha value is -1.92. The van der Waals surface area contributed by atoms with Crippen molar-refractivity contribution in [3.63, 3.8) is 0 Å². The van der Waals surface area contributed by atoms with Gasteiger partial charge in [0.25, 0.3) is 5.91 Å². The highest BCUT2D eigenvalue weighted by molar-refractivity contribution is 9.10. The van der Waals surface area contributed by atoms with Gasteiger partial charge in [0.15, 0.2) is 0 Å². The molecule has 3 aromatic rings. The van der Waals surface area contributed by atoms with E-state index < -0.39 is 0 Å². The maximum Gasteiger partial charge on any atom is 0.252 e. The molecule has 24 heavy (non-hydrogen) atoms. The van der Waals surface area contributed by atoms with Crippen molar-refractivity contribution in [2.24, 2.45) is 0 Å². The van der Waals surface area contributed by atoms with Gasteiger partial charge in [-0.05, 0) is 59.4 Å². The molecular weight excluding hydrogens is 386 g/mol. The second-order valence-corrected chi connectivity index (χ2v) is 7.43. The van der Waals surface area contributed by atoms with E-state index in [-0.39, 0.29) is 11.9 Å². The van der Waals surface area contributed by atoms with E-state index in [1.807, 2.05) is 54.2 Å². The van der Waals surface area contributed by atoms with E-state index in [1.54, 1.807) is 11.3 Å². The fraction of sp³-hybridized carbons (Fsp3) is 0.222. The molecule has 0 aliphatic carbocycles. The van der Waals surface area contributed by atoms with Crippen LogP contribution in [-0.2, 0) is 0 Å². The summed E-state index contributed by atoms with van der Waals surface area (Å²) in [6.07, 6.45) is 0. The van der Waals surface area contributed by atoms with Gasteiger partial charge in [0.05, 0.1) is 11.3 Å². The van der Waals surface area contributed by atoms with E-state index in [2.05, 4.69) is 38.5 Å². The molecule has 0 aliphatic heterocycles. The normalized spacial score (nSPS) is 12.1. The molecule has 2 heterocycles. The molecule has 0 fully saturated rings. The molecule has 1 atom stereocenters. The number of carbonyl (C=O) groups excluding carboxylic acids is 1. The van der Waals surface area contributed by atoms with Crippen molar-refractivity contribution >= 4 is 33.2 Å². The number of hydrogen-bond donors (Lipinski definition) is 1. The molecule has 1 aromatic carbocycles. The van der Waals surface area contributed by atoms with E-state index in [9.17, 15) is 4.79 Å². The van der Waals surface area contributed by atoms with Crippen molar-refractivity contribution < 1.29 is 4.79 Å². The van der Waals surface area contributed by atoms with Gasteiger partial charge < -0.3 is 5.32 Å². The van der Waals surface area contributed by atoms with E-state index in [1.165, 1.54) is 4.88 Å². The van der Waals surface area contributed by atoms with Gasteiger partial charge in [-0.3, -0.25) is 9.48 Å². The second-order valence-electron chi connectivity index (χ2n) is 5.59. The first-order valence-electron chi connectivity index (χ1n) is 7.65. The lowest BCUT2D eigenvalue weighted by molar-refractivity contribution is 0.0948. The van der Waals surface area contributed by atoms with Crippen LogP contribution in [0.4, 0.5) is 0 Å². The summed E-state index contributed by atoms with van der Waals surface area (Å²) in [5, 5.41) is 9.68. The Morgan fingerprint density at radius 1 is 1.29 bits per heavy atom. The number of nitrogens with one attached hydrogen (secondary N) is 1. The summed E-state index contributed by atoms with van der Waals surface area (Å²) in [5.41, 5.74) is 2.70. The van der Waals surface area contributed by atoms with Crippen LogP contribution in [0.3, 0.4) is 0 Å². The molecule has 3 rings (SSSR count). The quantitative estimate of drug-likeness (QED) is 0.688. The van der Waals surface area contributed by atoms with Gasteiger partial charge in [-0.1, -0.05) is 18.2 Å². The van der Waals surface area contributed by atoms with Crippen LogP contribution in [-0.4, -0.2) is 22.2 Å². The smallest absolute Gasteiger partial charge is 0.252 e. The predicted octanol–water partition coefficient (Wildman–Crippen LogP) is 4.34. The zero-order valence-electron chi connectivity index (χ0n) is 13.5. The van der Waals surface area contributed by atoms with Crippen molar-refractivity contribution in [1.29, 1.82) is 0 Å². The van der Waals surface area contributed by atoms with Crippen LogP contribution in [0, 0.1) is 13.8 Å². The number of hydrogen-bond acceptors (Lipinski definition) is 3. The molecule has 0 aliphatic rings. The Labute approximate surface area is 153 Å². The predicted molar refractivity (Wildman–Crippen MR) is 101 cm³/mol. The first-order chi connectivity index (χ1) is 11.6. The maximum atomic E-state index is 12.5. The summed E-state index contributed by atoms with van der Waals surface area (Å²) in [6.45, 7) is 4.51. The molecule has 0 spiro atoms. The largest absolute Gasteiger partial charge is 0.349 e. The van der Waals surface area contributed by atoms with Gasteiger partial charge in [0.2, 0.25) is 0 Å². The lowest BCUT2D eigenvalue weighted by Gasteiger charge is -2.19. The van der Waals surface area contributed by atoms with Crippen LogP contribution in [0.5, 0.6) is 0 Å². The number of amides is 1. The Balaban J connectivity index is 1.82. The molecule has 0 saturated heterocycles. The van der Waals surface area contributed by atoms with Crippen molar-refractivity contribution in [2.75, 3.05) is 6.54 Å². The Morgan fingerprint density at radius 3 is 2.71 bits per heavy atom. The van der Waals surface area contributed by atoms with Gasteiger partial charge in [-0.15, -0.1) is 11.3 Å². The number of aryl methyl sites for hydroxylation is 2.